The molecule has 0 aliphatic rings. The number of rotatable bonds is 23. The summed E-state index contributed by atoms with van der Waals surface area (Å²) >= 11 is 0. The van der Waals surface area contributed by atoms with Crippen LogP contribution < -0.4 is 10.1 Å². The monoisotopic (exact) mass is 557 g/mol. The molecule has 0 aliphatic heterocycles. The molecule has 1 amide bonds. The minimum absolute atomic E-state index is 0.118. The molecule has 0 bridgehead atoms. The van der Waals surface area contributed by atoms with Crippen LogP contribution in [0.4, 0.5) is 4.79 Å². The highest BCUT2D eigenvalue weighted by Crippen LogP contribution is 2.11. The summed E-state index contributed by atoms with van der Waals surface area (Å²) in [5.41, 5.74) is -0.00245. The van der Waals surface area contributed by atoms with E-state index in [-0.39, 0.29) is 13.0 Å². The van der Waals surface area contributed by atoms with Crippen LogP contribution in [0.1, 0.15) is 37.6 Å². The minimum atomic E-state index is -0.518. The van der Waals surface area contributed by atoms with Crippen LogP contribution in [0.2, 0.25) is 0 Å². The van der Waals surface area contributed by atoms with E-state index in [2.05, 4.69) is 5.32 Å². The first kappa shape index (κ1) is 34.4. The van der Waals surface area contributed by atoms with Crippen LogP contribution in [0.15, 0.2) is 24.3 Å². The highest BCUT2D eigenvalue weighted by Gasteiger charge is 2.15. The topological polar surface area (TPSA) is 137 Å². The van der Waals surface area contributed by atoms with E-state index in [1.165, 1.54) is 0 Å². The molecular formula is C27H43NO11. The molecule has 0 aromatic heterocycles. The molecular weight excluding hydrogens is 514 g/mol. The number of aldehydes is 1. The smallest absolute Gasteiger partial charge is 0.407 e. The van der Waals surface area contributed by atoms with Crippen molar-refractivity contribution in [1.82, 2.24) is 5.32 Å². The largest absolute Gasteiger partial charge is 0.444 e. The van der Waals surface area contributed by atoms with Crippen LogP contribution in [-0.4, -0.2) is 110 Å². The lowest BCUT2D eigenvalue weighted by Gasteiger charge is -2.19. The number of benzene rings is 1. The van der Waals surface area contributed by atoms with E-state index >= 15 is 0 Å². The fourth-order valence-electron chi connectivity index (χ4n) is 2.69. The van der Waals surface area contributed by atoms with E-state index in [0.717, 1.165) is 6.29 Å². The Bertz CT molecular complexity index is 781. The third kappa shape index (κ3) is 22.0. The summed E-state index contributed by atoms with van der Waals surface area (Å²) in [6, 6.07) is 6.29. The number of carbonyl (C=O) groups is 3. The van der Waals surface area contributed by atoms with Gasteiger partial charge in [0, 0.05) is 12.1 Å². The van der Waals surface area contributed by atoms with Gasteiger partial charge in [-0.25, -0.2) is 4.79 Å². The van der Waals surface area contributed by atoms with E-state index in [1.807, 2.05) is 0 Å². The Balaban J connectivity index is 1.75. The first-order chi connectivity index (χ1) is 18.8. The maximum absolute atomic E-state index is 11.8. The van der Waals surface area contributed by atoms with Crippen molar-refractivity contribution in [1.29, 1.82) is 0 Å². The quantitative estimate of drug-likeness (QED) is 0.0919. The number of alkyl carbamates (subject to hydrolysis) is 1. The van der Waals surface area contributed by atoms with Crippen LogP contribution in [0, 0.1) is 0 Å². The molecule has 12 nitrogen and oxygen atoms in total. The van der Waals surface area contributed by atoms with Crippen molar-refractivity contribution in [3.05, 3.63) is 29.8 Å². The molecule has 0 radical (unpaired) electrons. The number of hydrogen-bond acceptors (Lipinski definition) is 11. The molecule has 1 aromatic rings. The number of ether oxygens (including phenoxy) is 8. The summed E-state index contributed by atoms with van der Waals surface area (Å²) in [5, 5.41) is 2.62. The Labute approximate surface area is 230 Å². The van der Waals surface area contributed by atoms with Crippen molar-refractivity contribution in [3.63, 3.8) is 0 Å². The summed E-state index contributed by atoms with van der Waals surface area (Å²) in [4.78, 5) is 33.8. The van der Waals surface area contributed by atoms with Crippen molar-refractivity contribution in [2.24, 2.45) is 0 Å². The van der Waals surface area contributed by atoms with Gasteiger partial charge in [0.2, 0.25) is 0 Å². The third-order valence-corrected chi connectivity index (χ3v) is 4.47. The highest BCUT2D eigenvalue weighted by atomic mass is 16.6. The molecule has 0 heterocycles. The van der Waals surface area contributed by atoms with E-state index < -0.39 is 17.7 Å². The zero-order chi connectivity index (χ0) is 28.6. The lowest BCUT2D eigenvalue weighted by atomic mass is 10.2. The van der Waals surface area contributed by atoms with Crippen molar-refractivity contribution < 1.29 is 52.3 Å². The van der Waals surface area contributed by atoms with Gasteiger partial charge in [0.05, 0.1) is 85.7 Å². The number of carbonyl (C=O) groups excluding carboxylic acids is 3. The number of esters is 1. The Morgan fingerprint density at radius 2 is 1.13 bits per heavy atom. The fourth-order valence-corrected chi connectivity index (χ4v) is 2.69. The zero-order valence-corrected chi connectivity index (χ0v) is 23.3. The lowest BCUT2D eigenvalue weighted by Crippen LogP contribution is -2.34. The van der Waals surface area contributed by atoms with Crippen LogP contribution >= 0.6 is 0 Å². The SMILES string of the molecule is CC(C)(C)OC(=O)NCCOCCOCCOCCOCCOCCOCCC(=O)Oc1ccc(C=O)cc1. The highest BCUT2D eigenvalue weighted by molar-refractivity contribution is 5.76. The molecule has 39 heavy (non-hydrogen) atoms. The van der Waals surface area contributed by atoms with Crippen molar-refractivity contribution in [2.45, 2.75) is 32.8 Å². The van der Waals surface area contributed by atoms with Gasteiger partial charge in [0.15, 0.2) is 0 Å². The van der Waals surface area contributed by atoms with Crippen LogP contribution in [0.3, 0.4) is 0 Å². The van der Waals surface area contributed by atoms with Gasteiger partial charge in [0.1, 0.15) is 17.6 Å². The van der Waals surface area contributed by atoms with Gasteiger partial charge >= 0.3 is 12.1 Å². The second-order valence-electron chi connectivity index (χ2n) is 9.01. The molecule has 12 heteroatoms. The first-order valence-corrected chi connectivity index (χ1v) is 13.0. The van der Waals surface area contributed by atoms with Gasteiger partial charge in [-0.2, -0.15) is 0 Å². The van der Waals surface area contributed by atoms with Crippen molar-refractivity contribution in [3.8, 4) is 5.75 Å². The summed E-state index contributed by atoms with van der Waals surface area (Å²) < 4.78 is 42.6. The Morgan fingerprint density at radius 3 is 1.56 bits per heavy atom. The first-order valence-electron chi connectivity index (χ1n) is 13.0. The lowest BCUT2D eigenvalue weighted by molar-refractivity contribution is -0.135. The molecule has 0 atom stereocenters. The molecule has 222 valence electrons. The second kappa shape index (κ2) is 22.2. The van der Waals surface area contributed by atoms with E-state index in [1.54, 1.807) is 45.0 Å². The van der Waals surface area contributed by atoms with E-state index in [0.29, 0.717) is 90.5 Å². The number of nitrogens with one attached hydrogen (secondary N) is 1. The van der Waals surface area contributed by atoms with Gasteiger partial charge in [-0.05, 0) is 45.0 Å². The molecule has 1 aromatic carbocycles. The van der Waals surface area contributed by atoms with Gasteiger partial charge in [0.25, 0.3) is 0 Å². The molecule has 1 N–H and O–H groups in total. The summed E-state index contributed by atoms with van der Waals surface area (Å²) in [6.07, 6.45) is 0.379. The second-order valence-corrected chi connectivity index (χ2v) is 9.01. The molecule has 0 saturated carbocycles. The van der Waals surface area contributed by atoms with Crippen molar-refractivity contribution in [2.75, 3.05) is 85.8 Å². The Morgan fingerprint density at radius 1 is 0.692 bits per heavy atom. The Hall–Kier alpha value is -2.61. The molecule has 0 aliphatic carbocycles. The van der Waals surface area contributed by atoms with Crippen LogP contribution in [0.25, 0.3) is 0 Å². The predicted molar refractivity (Wildman–Crippen MR) is 141 cm³/mol. The fraction of sp³-hybridized carbons (Fsp3) is 0.667. The number of amides is 1. The molecule has 0 saturated heterocycles. The molecule has 0 fully saturated rings. The van der Waals surface area contributed by atoms with Gasteiger partial charge in [-0.15, -0.1) is 0 Å². The average Bonchev–Trinajstić information content (AvgIpc) is 2.89. The van der Waals surface area contributed by atoms with Gasteiger partial charge in [-0.1, -0.05) is 0 Å². The molecule has 0 spiro atoms. The summed E-state index contributed by atoms with van der Waals surface area (Å²) in [5.74, 6) is -0.0232. The van der Waals surface area contributed by atoms with Crippen LogP contribution in [0.5, 0.6) is 5.75 Å². The normalized spacial score (nSPS) is 11.3. The van der Waals surface area contributed by atoms with E-state index in [4.69, 9.17) is 37.9 Å². The maximum atomic E-state index is 11.8. The van der Waals surface area contributed by atoms with Crippen LogP contribution in [-0.2, 0) is 38.0 Å². The standard InChI is InChI=1S/C27H43NO11/c1-27(2,3)39-26(31)28-9-11-33-13-15-35-17-19-37-21-20-36-18-16-34-14-12-32-10-8-25(30)38-24-6-4-23(22-29)5-7-24/h4-7,22H,8-21H2,1-3H3,(H,28,31). The summed E-state index contributed by atoms with van der Waals surface area (Å²) in [6.45, 7) is 10.7. The number of hydrogen-bond donors (Lipinski definition) is 1. The third-order valence-electron chi connectivity index (χ3n) is 4.47. The minimum Gasteiger partial charge on any atom is -0.444 e. The van der Waals surface area contributed by atoms with Gasteiger partial charge in [-0.3, -0.25) is 9.59 Å². The Kier molecular flexibility index (Phi) is 19.6. The molecule has 0 unspecified atom stereocenters. The van der Waals surface area contributed by atoms with E-state index in [9.17, 15) is 14.4 Å². The maximum Gasteiger partial charge on any atom is 0.407 e. The summed E-state index contributed by atoms with van der Waals surface area (Å²) in [7, 11) is 0. The van der Waals surface area contributed by atoms with Gasteiger partial charge < -0.3 is 43.2 Å². The average molecular weight is 558 g/mol. The predicted octanol–water partition coefficient (Wildman–Crippen LogP) is 2.42. The zero-order valence-electron chi connectivity index (χ0n) is 23.3. The molecule has 1 rings (SSSR count). The van der Waals surface area contributed by atoms with Crippen molar-refractivity contribution >= 4 is 18.3 Å².